The van der Waals surface area contributed by atoms with Crippen LogP contribution in [0.1, 0.15) is 43.1 Å². The van der Waals surface area contributed by atoms with Gasteiger partial charge in [-0.2, -0.15) is 4.52 Å². The Balaban J connectivity index is 1.84. The van der Waals surface area contributed by atoms with Crippen molar-refractivity contribution in [2.24, 2.45) is 0 Å². The lowest BCUT2D eigenvalue weighted by Crippen LogP contribution is -3.15. The first kappa shape index (κ1) is 18.3. The van der Waals surface area contributed by atoms with Crippen LogP contribution in [0.25, 0.3) is 4.96 Å². The fourth-order valence-electron chi connectivity index (χ4n) is 3.93. The van der Waals surface area contributed by atoms with Crippen LogP contribution in [0.5, 0.6) is 5.88 Å². The molecule has 0 radical (unpaired) electrons. The van der Waals surface area contributed by atoms with Crippen molar-refractivity contribution in [1.82, 2.24) is 14.6 Å². The average Bonchev–Trinajstić information content (AvgIpc) is 3.16. The SMILES string of the molecule is CCc1nc2sc([C@@H](c3ccccc3F)[NH+]3C[C@@H](C)O[C@H](C)C3)c(O)n2n1. The van der Waals surface area contributed by atoms with E-state index in [-0.39, 0.29) is 29.9 Å². The standard InChI is InChI=1S/C19H23FN4O2S/c1-4-15-21-19-24(22-15)18(25)17(27-19)16(13-7-5-6-8-14(13)20)23-9-11(2)26-12(3)10-23/h5-8,11-12,16,25H,4,9-10H2,1-3H3/p+1/t11-,12-,16-/m1/s1. The first-order valence-electron chi connectivity index (χ1n) is 9.29. The fourth-order valence-corrected chi connectivity index (χ4v) is 5.09. The highest BCUT2D eigenvalue weighted by molar-refractivity contribution is 7.17. The van der Waals surface area contributed by atoms with E-state index in [9.17, 15) is 9.50 Å². The molecule has 1 saturated heterocycles. The number of hydrogen-bond acceptors (Lipinski definition) is 5. The number of quaternary nitrogens is 1. The zero-order valence-electron chi connectivity index (χ0n) is 15.6. The zero-order chi connectivity index (χ0) is 19.1. The summed E-state index contributed by atoms with van der Waals surface area (Å²) in [5.74, 6) is 0.468. The normalized spacial score (nSPS) is 24.4. The lowest BCUT2D eigenvalue weighted by atomic mass is 10.0. The van der Waals surface area contributed by atoms with Crippen LogP contribution < -0.4 is 4.90 Å². The Labute approximate surface area is 161 Å². The molecule has 0 amide bonds. The van der Waals surface area contributed by atoms with E-state index in [4.69, 9.17) is 4.74 Å². The summed E-state index contributed by atoms with van der Waals surface area (Å²) in [5.41, 5.74) is 0.573. The van der Waals surface area contributed by atoms with Gasteiger partial charge in [0.2, 0.25) is 10.8 Å². The summed E-state index contributed by atoms with van der Waals surface area (Å²) in [6.45, 7) is 7.50. The summed E-state index contributed by atoms with van der Waals surface area (Å²) in [4.78, 5) is 6.96. The smallest absolute Gasteiger partial charge is 0.235 e. The minimum Gasteiger partial charge on any atom is -0.492 e. The molecule has 8 heteroatoms. The summed E-state index contributed by atoms with van der Waals surface area (Å²) in [5, 5.41) is 15.3. The van der Waals surface area contributed by atoms with Crippen LogP contribution in [-0.4, -0.2) is 45.0 Å². The number of fused-ring (bicyclic) bond motifs is 1. The molecule has 3 atom stereocenters. The molecule has 6 nitrogen and oxygen atoms in total. The van der Waals surface area contributed by atoms with Gasteiger partial charge >= 0.3 is 0 Å². The number of hydrogen-bond donors (Lipinski definition) is 2. The molecule has 27 heavy (non-hydrogen) atoms. The second-order valence-corrected chi connectivity index (χ2v) is 8.15. The van der Waals surface area contributed by atoms with E-state index in [1.807, 2.05) is 26.8 Å². The quantitative estimate of drug-likeness (QED) is 0.714. The van der Waals surface area contributed by atoms with E-state index in [1.54, 1.807) is 12.1 Å². The Bertz CT molecular complexity index is 946. The van der Waals surface area contributed by atoms with Crippen molar-refractivity contribution in [3.8, 4) is 5.88 Å². The van der Waals surface area contributed by atoms with Gasteiger partial charge in [0.15, 0.2) is 11.9 Å². The van der Waals surface area contributed by atoms with Gasteiger partial charge in [-0.05, 0) is 26.0 Å². The van der Waals surface area contributed by atoms with Crippen LogP contribution in [0, 0.1) is 5.82 Å². The summed E-state index contributed by atoms with van der Waals surface area (Å²) in [6.07, 6.45) is 0.826. The van der Waals surface area contributed by atoms with E-state index in [1.165, 1.54) is 26.8 Å². The fraction of sp³-hybridized carbons (Fsp3) is 0.474. The van der Waals surface area contributed by atoms with E-state index in [0.29, 0.717) is 27.6 Å². The Kier molecular flexibility index (Phi) is 4.88. The number of rotatable bonds is 4. The minimum absolute atomic E-state index is 0.0507. The largest absolute Gasteiger partial charge is 0.492 e. The highest BCUT2D eigenvalue weighted by Crippen LogP contribution is 2.36. The van der Waals surface area contributed by atoms with E-state index < -0.39 is 0 Å². The van der Waals surface area contributed by atoms with Crippen LogP contribution in [0.15, 0.2) is 24.3 Å². The van der Waals surface area contributed by atoms with Crippen LogP contribution >= 0.6 is 11.3 Å². The maximum Gasteiger partial charge on any atom is 0.235 e. The number of ether oxygens (including phenoxy) is 1. The van der Waals surface area contributed by atoms with E-state index in [2.05, 4.69) is 10.1 Å². The minimum atomic E-state index is -0.335. The molecule has 3 aromatic rings. The number of benzene rings is 1. The number of nitrogens with zero attached hydrogens (tertiary/aromatic N) is 3. The second kappa shape index (κ2) is 7.18. The Morgan fingerprint density at radius 1 is 1.33 bits per heavy atom. The molecule has 4 rings (SSSR count). The first-order valence-corrected chi connectivity index (χ1v) is 10.1. The molecule has 0 unspecified atom stereocenters. The molecular formula is C19H24FN4O2S+. The molecular weight excluding hydrogens is 367 g/mol. The van der Waals surface area contributed by atoms with Crippen LogP contribution in [0.2, 0.25) is 0 Å². The maximum absolute atomic E-state index is 14.7. The summed E-state index contributed by atoms with van der Waals surface area (Å²) >= 11 is 1.38. The van der Waals surface area contributed by atoms with Crippen molar-refractivity contribution >= 4 is 16.3 Å². The molecule has 0 spiro atoms. The van der Waals surface area contributed by atoms with Crippen molar-refractivity contribution in [2.45, 2.75) is 45.4 Å². The highest BCUT2D eigenvalue weighted by atomic mass is 32.1. The topological polar surface area (TPSA) is 64.1 Å². The highest BCUT2D eigenvalue weighted by Gasteiger charge is 2.38. The first-order chi connectivity index (χ1) is 13.0. The van der Waals surface area contributed by atoms with Crippen molar-refractivity contribution in [3.63, 3.8) is 0 Å². The third kappa shape index (κ3) is 3.33. The van der Waals surface area contributed by atoms with E-state index in [0.717, 1.165) is 13.1 Å². The molecule has 0 saturated carbocycles. The number of thiazole rings is 1. The summed E-state index contributed by atoms with van der Waals surface area (Å²) < 4.78 is 22.1. The van der Waals surface area contributed by atoms with Gasteiger partial charge in [-0.15, -0.1) is 5.10 Å². The van der Waals surface area contributed by atoms with Crippen LogP contribution in [0.4, 0.5) is 4.39 Å². The molecule has 0 aliphatic carbocycles. The van der Waals surface area contributed by atoms with Gasteiger partial charge in [0.25, 0.3) is 0 Å². The Morgan fingerprint density at radius 3 is 2.67 bits per heavy atom. The van der Waals surface area contributed by atoms with Crippen molar-refractivity contribution < 1.29 is 19.1 Å². The number of aryl methyl sites for hydroxylation is 1. The van der Waals surface area contributed by atoms with Gasteiger partial charge in [0, 0.05) is 6.42 Å². The molecule has 1 aromatic carbocycles. The lowest BCUT2D eigenvalue weighted by Gasteiger charge is -2.37. The second-order valence-electron chi connectivity index (χ2n) is 7.14. The zero-order valence-corrected chi connectivity index (χ0v) is 16.5. The third-order valence-electron chi connectivity index (χ3n) is 5.01. The van der Waals surface area contributed by atoms with Crippen molar-refractivity contribution in [2.75, 3.05) is 13.1 Å². The maximum atomic E-state index is 14.7. The van der Waals surface area contributed by atoms with E-state index >= 15 is 0 Å². The van der Waals surface area contributed by atoms with Crippen molar-refractivity contribution in [1.29, 1.82) is 0 Å². The van der Waals surface area contributed by atoms with Crippen molar-refractivity contribution in [3.05, 3.63) is 46.3 Å². The third-order valence-corrected chi connectivity index (χ3v) is 6.10. The van der Waals surface area contributed by atoms with Gasteiger partial charge in [0.05, 0.1) is 5.56 Å². The molecule has 2 aromatic heterocycles. The molecule has 0 bridgehead atoms. The van der Waals surface area contributed by atoms with Crippen LogP contribution in [-0.2, 0) is 11.2 Å². The molecule has 1 fully saturated rings. The molecule has 1 aliphatic heterocycles. The van der Waals surface area contributed by atoms with Gasteiger partial charge in [-0.25, -0.2) is 9.37 Å². The van der Waals surface area contributed by atoms with Gasteiger partial charge in [0.1, 0.15) is 36.0 Å². The van der Waals surface area contributed by atoms with Crippen LogP contribution in [0.3, 0.4) is 0 Å². The Morgan fingerprint density at radius 2 is 2.04 bits per heavy atom. The Hall–Kier alpha value is -2.03. The number of aromatic hydroxyl groups is 1. The monoisotopic (exact) mass is 391 g/mol. The summed E-state index contributed by atoms with van der Waals surface area (Å²) in [6, 6.07) is 6.45. The van der Waals surface area contributed by atoms with Gasteiger partial charge in [-0.3, -0.25) is 0 Å². The lowest BCUT2D eigenvalue weighted by molar-refractivity contribution is -0.939. The molecule has 1 aliphatic rings. The molecule has 2 N–H and O–H groups in total. The van der Waals surface area contributed by atoms with Gasteiger partial charge in [-0.1, -0.05) is 30.4 Å². The number of nitrogens with one attached hydrogen (secondary N) is 1. The molecule has 3 heterocycles. The number of aromatic nitrogens is 3. The molecule has 144 valence electrons. The number of halogens is 1. The average molecular weight is 391 g/mol. The number of morpholine rings is 1. The summed E-state index contributed by atoms with van der Waals surface area (Å²) in [7, 11) is 0. The predicted molar refractivity (Wildman–Crippen MR) is 101 cm³/mol. The predicted octanol–water partition coefficient (Wildman–Crippen LogP) is 1.98. The van der Waals surface area contributed by atoms with Gasteiger partial charge < -0.3 is 14.7 Å².